The molecule has 5 nitrogen and oxygen atoms in total. The van der Waals surface area contributed by atoms with E-state index in [1.54, 1.807) is 12.5 Å². The lowest BCUT2D eigenvalue weighted by molar-refractivity contribution is 0.247. The minimum Gasteiger partial charge on any atom is -0.353 e. The number of hydrogen-bond donors (Lipinski definition) is 0. The number of thiophene rings is 1. The molecule has 0 atom stereocenters. The van der Waals surface area contributed by atoms with Gasteiger partial charge in [0.15, 0.2) is 0 Å². The van der Waals surface area contributed by atoms with Gasteiger partial charge in [0, 0.05) is 43.8 Å². The van der Waals surface area contributed by atoms with Crippen LogP contribution in [0.4, 0.5) is 5.82 Å². The summed E-state index contributed by atoms with van der Waals surface area (Å²) in [5, 5.41) is 2.01. The zero-order valence-electron chi connectivity index (χ0n) is 14.5. The minimum atomic E-state index is 0.689. The summed E-state index contributed by atoms with van der Waals surface area (Å²) in [6, 6.07) is 3.92. The summed E-state index contributed by atoms with van der Waals surface area (Å²) in [6.45, 7) is 4.89. The molecule has 1 fully saturated rings. The van der Waals surface area contributed by atoms with Crippen LogP contribution < -0.4 is 4.90 Å². The van der Waals surface area contributed by atoms with Crippen LogP contribution in [0.3, 0.4) is 0 Å². The molecule has 0 N–H and O–H groups in total. The number of piperazine rings is 1. The SMILES string of the molecule is Clc1ccc(CN2CCN(c3ncnc4sc5c(c34)CCC5)CC2)nc1. The summed E-state index contributed by atoms with van der Waals surface area (Å²) < 4.78 is 0. The molecule has 0 saturated carbocycles. The van der Waals surface area contributed by atoms with Crippen molar-refractivity contribution in [3.8, 4) is 0 Å². The molecular weight excluding hydrogens is 366 g/mol. The van der Waals surface area contributed by atoms with Gasteiger partial charge in [-0.15, -0.1) is 11.3 Å². The van der Waals surface area contributed by atoms with Gasteiger partial charge in [-0.2, -0.15) is 0 Å². The van der Waals surface area contributed by atoms with Gasteiger partial charge in [0.1, 0.15) is 17.0 Å². The topological polar surface area (TPSA) is 45.2 Å². The maximum absolute atomic E-state index is 5.93. The first-order valence-corrected chi connectivity index (χ1v) is 10.3. The molecular formula is C19H20ClN5S. The number of halogens is 1. The summed E-state index contributed by atoms with van der Waals surface area (Å²) in [5.41, 5.74) is 2.58. The van der Waals surface area contributed by atoms with Crippen LogP contribution in [0.15, 0.2) is 24.7 Å². The maximum Gasteiger partial charge on any atom is 0.141 e. The second-order valence-corrected chi connectivity index (χ2v) is 8.49. The highest BCUT2D eigenvalue weighted by Gasteiger charge is 2.25. The van der Waals surface area contributed by atoms with E-state index in [1.807, 2.05) is 23.5 Å². The number of fused-ring (bicyclic) bond motifs is 3. The first-order valence-electron chi connectivity index (χ1n) is 9.11. The van der Waals surface area contributed by atoms with E-state index in [1.165, 1.54) is 35.1 Å². The molecule has 0 unspecified atom stereocenters. The molecule has 0 amide bonds. The van der Waals surface area contributed by atoms with Gasteiger partial charge in [0.05, 0.1) is 16.1 Å². The van der Waals surface area contributed by atoms with E-state index in [0.29, 0.717) is 5.02 Å². The van der Waals surface area contributed by atoms with Crippen LogP contribution in [0.5, 0.6) is 0 Å². The maximum atomic E-state index is 5.93. The van der Waals surface area contributed by atoms with E-state index in [2.05, 4.69) is 24.8 Å². The van der Waals surface area contributed by atoms with Crippen molar-refractivity contribution in [1.29, 1.82) is 0 Å². The Labute approximate surface area is 161 Å². The molecule has 26 heavy (non-hydrogen) atoms. The van der Waals surface area contributed by atoms with E-state index in [9.17, 15) is 0 Å². The minimum absolute atomic E-state index is 0.689. The smallest absolute Gasteiger partial charge is 0.141 e. The van der Waals surface area contributed by atoms with Gasteiger partial charge < -0.3 is 4.90 Å². The second kappa shape index (κ2) is 6.76. The molecule has 1 aliphatic heterocycles. The van der Waals surface area contributed by atoms with Crippen molar-refractivity contribution in [3.05, 3.63) is 45.8 Å². The Morgan fingerprint density at radius 2 is 1.92 bits per heavy atom. The summed E-state index contributed by atoms with van der Waals surface area (Å²) >= 11 is 7.79. The number of hydrogen-bond acceptors (Lipinski definition) is 6. The lowest BCUT2D eigenvalue weighted by Crippen LogP contribution is -2.46. The Morgan fingerprint density at radius 1 is 1.04 bits per heavy atom. The average molecular weight is 386 g/mol. The molecule has 0 aromatic carbocycles. The Kier molecular flexibility index (Phi) is 4.27. The highest BCUT2D eigenvalue weighted by Crippen LogP contribution is 2.40. The van der Waals surface area contributed by atoms with Gasteiger partial charge in [0.2, 0.25) is 0 Å². The number of aromatic nitrogens is 3. The number of anilines is 1. The molecule has 0 radical (unpaired) electrons. The van der Waals surface area contributed by atoms with Gasteiger partial charge in [-0.25, -0.2) is 9.97 Å². The molecule has 2 aliphatic rings. The molecule has 4 heterocycles. The van der Waals surface area contributed by atoms with Crippen LogP contribution in [0.25, 0.3) is 10.2 Å². The number of rotatable bonds is 3. The zero-order valence-corrected chi connectivity index (χ0v) is 16.1. The van der Waals surface area contributed by atoms with E-state index in [4.69, 9.17) is 11.6 Å². The Balaban J connectivity index is 1.33. The van der Waals surface area contributed by atoms with Crippen LogP contribution in [0.2, 0.25) is 5.02 Å². The first-order chi connectivity index (χ1) is 12.8. The summed E-state index contributed by atoms with van der Waals surface area (Å²) in [7, 11) is 0. The number of pyridine rings is 1. The largest absolute Gasteiger partial charge is 0.353 e. The summed E-state index contributed by atoms with van der Waals surface area (Å²) in [6.07, 6.45) is 7.11. The fourth-order valence-corrected chi connectivity index (χ4v) is 5.33. The molecule has 0 spiro atoms. The predicted molar refractivity (Wildman–Crippen MR) is 106 cm³/mol. The molecule has 3 aromatic heterocycles. The molecule has 3 aromatic rings. The van der Waals surface area contributed by atoms with Crippen LogP contribution in [0.1, 0.15) is 22.6 Å². The lowest BCUT2D eigenvalue weighted by atomic mass is 10.1. The van der Waals surface area contributed by atoms with Crippen molar-refractivity contribution in [2.24, 2.45) is 0 Å². The fraction of sp³-hybridized carbons (Fsp3) is 0.421. The van der Waals surface area contributed by atoms with E-state index in [0.717, 1.165) is 49.1 Å². The standard InChI is InChI=1S/C19H20ClN5S/c20-13-4-5-14(21-10-13)11-24-6-8-25(9-7-24)18-17-15-2-1-3-16(15)26-19(17)23-12-22-18/h4-5,10,12H,1-3,6-9,11H2. The van der Waals surface area contributed by atoms with E-state index in [-0.39, 0.29) is 0 Å². The molecule has 1 aliphatic carbocycles. The first kappa shape index (κ1) is 16.4. The molecule has 7 heteroatoms. The third-order valence-corrected chi connectivity index (χ3v) is 6.75. The zero-order chi connectivity index (χ0) is 17.5. The number of aryl methyl sites for hydroxylation is 2. The van der Waals surface area contributed by atoms with E-state index >= 15 is 0 Å². The third kappa shape index (κ3) is 2.96. The monoisotopic (exact) mass is 385 g/mol. The van der Waals surface area contributed by atoms with Crippen molar-refractivity contribution < 1.29 is 0 Å². The van der Waals surface area contributed by atoms with Crippen molar-refractivity contribution in [2.45, 2.75) is 25.8 Å². The second-order valence-electron chi connectivity index (χ2n) is 6.97. The van der Waals surface area contributed by atoms with Crippen LogP contribution in [0, 0.1) is 0 Å². The van der Waals surface area contributed by atoms with Gasteiger partial charge in [-0.1, -0.05) is 11.6 Å². The van der Waals surface area contributed by atoms with Crippen molar-refractivity contribution in [2.75, 3.05) is 31.1 Å². The normalized spacial score (nSPS) is 17.8. The highest BCUT2D eigenvalue weighted by atomic mass is 35.5. The van der Waals surface area contributed by atoms with Crippen LogP contribution >= 0.6 is 22.9 Å². The van der Waals surface area contributed by atoms with Gasteiger partial charge >= 0.3 is 0 Å². The number of nitrogens with zero attached hydrogens (tertiary/aromatic N) is 5. The van der Waals surface area contributed by atoms with Crippen molar-refractivity contribution in [3.63, 3.8) is 0 Å². The van der Waals surface area contributed by atoms with Crippen LogP contribution in [-0.2, 0) is 19.4 Å². The lowest BCUT2D eigenvalue weighted by Gasteiger charge is -2.35. The average Bonchev–Trinajstić information content (AvgIpc) is 3.25. The quantitative estimate of drug-likeness (QED) is 0.689. The summed E-state index contributed by atoms with van der Waals surface area (Å²) in [5.74, 6) is 1.14. The molecule has 1 saturated heterocycles. The van der Waals surface area contributed by atoms with Gasteiger partial charge in [0.25, 0.3) is 0 Å². The Morgan fingerprint density at radius 3 is 2.73 bits per heavy atom. The molecule has 5 rings (SSSR count). The third-order valence-electron chi connectivity index (χ3n) is 5.33. The molecule has 134 valence electrons. The van der Waals surface area contributed by atoms with Gasteiger partial charge in [-0.3, -0.25) is 9.88 Å². The van der Waals surface area contributed by atoms with Crippen molar-refractivity contribution in [1.82, 2.24) is 19.9 Å². The Hall–Kier alpha value is -1.76. The fourth-order valence-electron chi connectivity index (χ4n) is 4.00. The van der Waals surface area contributed by atoms with E-state index < -0.39 is 0 Å². The van der Waals surface area contributed by atoms with Crippen molar-refractivity contribution >= 4 is 39.0 Å². The summed E-state index contributed by atoms with van der Waals surface area (Å²) in [4.78, 5) is 21.2. The predicted octanol–water partition coefficient (Wildman–Crippen LogP) is 3.55. The highest BCUT2D eigenvalue weighted by molar-refractivity contribution is 7.19. The van der Waals surface area contributed by atoms with Crippen LogP contribution in [-0.4, -0.2) is 46.0 Å². The molecule has 0 bridgehead atoms. The Bertz CT molecular complexity index is 931. The van der Waals surface area contributed by atoms with Gasteiger partial charge in [-0.05, 0) is 37.0 Å².